The highest BCUT2D eigenvalue weighted by Gasteiger charge is 2.26. The molecule has 0 unspecified atom stereocenters. The first-order valence-corrected chi connectivity index (χ1v) is 5.50. The van der Waals surface area contributed by atoms with Crippen LogP contribution in [-0.4, -0.2) is 26.9 Å². The summed E-state index contributed by atoms with van der Waals surface area (Å²) in [6, 6.07) is 2.44. The van der Waals surface area contributed by atoms with Crippen LogP contribution in [0.5, 0.6) is 0 Å². The average molecular weight is 271 g/mol. The molecule has 0 saturated heterocycles. The number of hydrogen-bond acceptors (Lipinski definition) is 7. The van der Waals surface area contributed by atoms with Gasteiger partial charge in [-0.1, -0.05) is 0 Å². The van der Waals surface area contributed by atoms with Crippen molar-refractivity contribution < 1.29 is 24.4 Å². The van der Waals surface area contributed by atoms with E-state index in [1.807, 2.05) is 0 Å². The predicted molar refractivity (Wildman–Crippen MR) is 58.0 cm³/mol. The van der Waals surface area contributed by atoms with Gasteiger partial charge in [0.25, 0.3) is 0 Å². The number of thioether (sulfide) groups is 1. The molecule has 0 radical (unpaired) electrons. The standard InChI is InChI=1S/C8H5N3O6S/c12-6(13)3-18-5-2-1-4(10(14)15)7-8(5)11(16)17-9-7/h1-2H,3H2,(H,12,13). The number of rotatable bonds is 4. The van der Waals surface area contributed by atoms with Crippen LogP contribution in [0.1, 0.15) is 0 Å². The lowest BCUT2D eigenvalue weighted by molar-refractivity contribution is -0.783. The number of carboxylic acid groups (broad SMARTS) is 1. The Kier molecular flexibility index (Phi) is 3.02. The van der Waals surface area contributed by atoms with Gasteiger partial charge in [0.2, 0.25) is 5.52 Å². The number of benzene rings is 1. The Morgan fingerprint density at radius 2 is 2.33 bits per heavy atom. The Labute approximate surface area is 103 Å². The van der Waals surface area contributed by atoms with Gasteiger partial charge in [-0.05, 0) is 11.0 Å². The minimum absolute atomic E-state index is 0.0204. The van der Waals surface area contributed by atoms with E-state index in [-0.39, 0.29) is 32.3 Å². The maximum Gasteiger partial charge on any atom is 0.327 e. The van der Waals surface area contributed by atoms with Gasteiger partial charge in [0.1, 0.15) is 0 Å². The fourth-order valence-electron chi connectivity index (χ4n) is 1.34. The SMILES string of the molecule is O=C(O)CSc1ccc([N+](=O)[O-])c2no[n+]([O-])c12. The van der Waals surface area contributed by atoms with E-state index in [1.54, 1.807) is 0 Å². The molecule has 0 saturated carbocycles. The maximum absolute atomic E-state index is 11.3. The van der Waals surface area contributed by atoms with E-state index in [0.29, 0.717) is 0 Å². The molecule has 1 N–H and O–H groups in total. The fraction of sp³-hybridized carbons (Fsp3) is 0.125. The van der Waals surface area contributed by atoms with Crippen LogP contribution in [0.25, 0.3) is 11.0 Å². The molecule has 0 amide bonds. The van der Waals surface area contributed by atoms with Gasteiger partial charge >= 0.3 is 17.2 Å². The molecule has 2 aromatic rings. The number of hydrogen-bond donors (Lipinski definition) is 1. The molecule has 1 aromatic carbocycles. The number of non-ortho nitro benzene ring substituents is 1. The summed E-state index contributed by atoms with van der Waals surface area (Å²) in [6.07, 6.45) is 0. The lowest BCUT2D eigenvalue weighted by Gasteiger charge is -1.98. The molecule has 94 valence electrons. The number of carboxylic acids is 1. The van der Waals surface area contributed by atoms with E-state index in [9.17, 15) is 20.1 Å². The highest BCUT2D eigenvalue weighted by Crippen LogP contribution is 2.30. The smallest absolute Gasteiger partial charge is 0.327 e. The second-order valence-electron chi connectivity index (χ2n) is 3.15. The zero-order valence-electron chi connectivity index (χ0n) is 8.60. The second kappa shape index (κ2) is 4.49. The van der Waals surface area contributed by atoms with Gasteiger partial charge in [-0.3, -0.25) is 19.5 Å². The van der Waals surface area contributed by atoms with Crippen LogP contribution in [0.4, 0.5) is 5.69 Å². The van der Waals surface area contributed by atoms with Crippen molar-refractivity contribution in [1.29, 1.82) is 0 Å². The molecule has 18 heavy (non-hydrogen) atoms. The molecular formula is C8H5N3O6S. The predicted octanol–water partition coefficient (Wildman–Crippen LogP) is 0.546. The number of carbonyl (C=O) groups is 1. The van der Waals surface area contributed by atoms with Crippen molar-refractivity contribution in [1.82, 2.24) is 5.16 Å². The van der Waals surface area contributed by atoms with E-state index in [0.717, 1.165) is 17.8 Å². The Hall–Kier alpha value is -2.36. The van der Waals surface area contributed by atoms with Crippen LogP contribution in [0.15, 0.2) is 21.7 Å². The normalized spacial score (nSPS) is 10.7. The molecule has 1 heterocycles. The summed E-state index contributed by atoms with van der Waals surface area (Å²) in [5.74, 6) is -1.35. The number of nitro groups is 1. The van der Waals surface area contributed by atoms with Gasteiger partial charge in [-0.25, -0.2) is 0 Å². The van der Waals surface area contributed by atoms with E-state index >= 15 is 0 Å². The van der Waals surface area contributed by atoms with Crippen molar-refractivity contribution in [2.45, 2.75) is 4.90 Å². The largest absolute Gasteiger partial charge is 0.481 e. The van der Waals surface area contributed by atoms with Gasteiger partial charge < -0.3 is 10.3 Å². The first-order chi connectivity index (χ1) is 8.50. The lowest BCUT2D eigenvalue weighted by Crippen LogP contribution is -2.23. The Bertz CT molecular complexity index is 639. The zero-order valence-corrected chi connectivity index (χ0v) is 9.42. The van der Waals surface area contributed by atoms with Crippen LogP contribution in [-0.2, 0) is 4.79 Å². The van der Waals surface area contributed by atoms with Gasteiger partial charge in [0.05, 0.1) is 20.7 Å². The van der Waals surface area contributed by atoms with Crippen molar-refractivity contribution in [2.24, 2.45) is 0 Å². The molecule has 9 nitrogen and oxygen atoms in total. The summed E-state index contributed by atoms with van der Waals surface area (Å²) in [4.78, 5) is 20.7. The summed E-state index contributed by atoms with van der Waals surface area (Å²) in [5.41, 5.74) is -0.719. The topological polar surface area (TPSA) is 133 Å². The third kappa shape index (κ3) is 2.05. The van der Waals surface area contributed by atoms with Crippen LogP contribution in [0, 0.1) is 15.3 Å². The maximum atomic E-state index is 11.3. The van der Waals surface area contributed by atoms with Crippen LogP contribution < -0.4 is 4.90 Å². The van der Waals surface area contributed by atoms with Gasteiger partial charge in [-0.15, -0.1) is 11.8 Å². The molecule has 1 aromatic heterocycles. The van der Waals surface area contributed by atoms with Gasteiger partial charge in [0, 0.05) is 6.07 Å². The number of aromatic nitrogens is 2. The number of nitro benzene ring substituents is 1. The van der Waals surface area contributed by atoms with E-state index < -0.39 is 10.9 Å². The van der Waals surface area contributed by atoms with E-state index in [2.05, 4.69) is 9.79 Å². The molecule has 0 bridgehead atoms. The molecule has 0 fully saturated rings. The Balaban J connectivity index is 2.55. The van der Waals surface area contributed by atoms with E-state index in [4.69, 9.17) is 5.11 Å². The number of aliphatic carboxylic acids is 1. The van der Waals surface area contributed by atoms with Crippen LogP contribution in [0.3, 0.4) is 0 Å². The Morgan fingerprint density at radius 3 is 2.94 bits per heavy atom. The summed E-state index contributed by atoms with van der Waals surface area (Å²) in [6.45, 7) is 0. The third-order valence-electron chi connectivity index (χ3n) is 2.03. The highest BCUT2D eigenvalue weighted by atomic mass is 32.2. The number of fused-ring (bicyclic) bond motifs is 1. The van der Waals surface area contributed by atoms with Crippen molar-refractivity contribution in [3.8, 4) is 0 Å². The van der Waals surface area contributed by atoms with Crippen molar-refractivity contribution in [3.63, 3.8) is 0 Å². The van der Waals surface area contributed by atoms with E-state index in [1.165, 1.54) is 6.07 Å². The fourth-order valence-corrected chi connectivity index (χ4v) is 2.09. The van der Waals surface area contributed by atoms with Crippen molar-refractivity contribution >= 4 is 34.5 Å². The monoisotopic (exact) mass is 271 g/mol. The summed E-state index contributed by atoms with van der Waals surface area (Å²) in [7, 11) is 0. The van der Waals surface area contributed by atoms with Crippen molar-refractivity contribution in [2.75, 3.05) is 5.75 Å². The molecular weight excluding hydrogens is 266 g/mol. The third-order valence-corrected chi connectivity index (χ3v) is 3.06. The molecule has 0 aliphatic rings. The average Bonchev–Trinajstić information content (AvgIpc) is 2.68. The molecule has 0 spiro atoms. The minimum Gasteiger partial charge on any atom is -0.481 e. The molecule has 0 atom stereocenters. The minimum atomic E-state index is -1.07. The first-order valence-electron chi connectivity index (χ1n) is 4.52. The van der Waals surface area contributed by atoms with Gasteiger partial charge in [0.15, 0.2) is 0 Å². The number of nitrogens with zero attached hydrogens (tertiary/aromatic N) is 3. The summed E-state index contributed by atoms with van der Waals surface area (Å²) < 4.78 is 4.30. The summed E-state index contributed by atoms with van der Waals surface area (Å²) >= 11 is 0.854. The summed E-state index contributed by atoms with van der Waals surface area (Å²) in [5, 5.41) is 33.9. The van der Waals surface area contributed by atoms with Crippen LogP contribution >= 0.6 is 11.8 Å². The Morgan fingerprint density at radius 1 is 1.61 bits per heavy atom. The van der Waals surface area contributed by atoms with Gasteiger partial charge in [-0.2, -0.15) is 0 Å². The highest BCUT2D eigenvalue weighted by molar-refractivity contribution is 8.00. The molecule has 10 heteroatoms. The molecule has 0 aliphatic carbocycles. The van der Waals surface area contributed by atoms with Crippen molar-refractivity contribution in [3.05, 3.63) is 27.5 Å². The van der Waals surface area contributed by atoms with Crippen LogP contribution in [0.2, 0.25) is 0 Å². The molecule has 2 rings (SSSR count). The second-order valence-corrected chi connectivity index (χ2v) is 4.17. The quantitative estimate of drug-likeness (QED) is 0.368. The lowest BCUT2D eigenvalue weighted by atomic mass is 10.3. The zero-order chi connectivity index (χ0) is 13.3. The first kappa shape index (κ1) is 12.1. The molecule has 0 aliphatic heterocycles.